The maximum atomic E-state index is 13.9. The molecule has 20 heavy (non-hydrogen) atoms. The van der Waals surface area contributed by atoms with E-state index in [-0.39, 0.29) is 24.7 Å². The zero-order chi connectivity index (χ0) is 14.7. The Labute approximate surface area is 113 Å². The van der Waals surface area contributed by atoms with Crippen molar-refractivity contribution < 1.29 is 13.6 Å². The van der Waals surface area contributed by atoms with Gasteiger partial charge in [-0.15, -0.1) is 5.10 Å². The molecular formula is C12H13F2N5O. The predicted molar refractivity (Wildman–Crippen MR) is 66.9 cm³/mol. The van der Waals surface area contributed by atoms with Gasteiger partial charge in [-0.05, 0) is 18.6 Å². The summed E-state index contributed by atoms with van der Waals surface area (Å²) in [5, 5.41) is 9.88. The van der Waals surface area contributed by atoms with Crippen molar-refractivity contribution in [2.75, 3.05) is 6.54 Å². The van der Waals surface area contributed by atoms with Crippen LogP contribution in [0.2, 0.25) is 0 Å². The van der Waals surface area contributed by atoms with E-state index in [9.17, 15) is 13.6 Å². The van der Waals surface area contributed by atoms with E-state index in [2.05, 4.69) is 15.6 Å². The Morgan fingerprint density at radius 2 is 2.20 bits per heavy atom. The Kier molecular flexibility index (Phi) is 4.04. The molecule has 1 heterocycles. The summed E-state index contributed by atoms with van der Waals surface area (Å²) in [4.78, 5) is 11.0. The van der Waals surface area contributed by atoms with Gasteiger partial charge in [-0.3, -0.25) is 4.79 Å². The number of benzene rings is 1. The van der Waals surface area contributed by atoms with Crippen LogP contribution in [0.1, 0.15) is 11.3 Å². The van der Waals surface area contributed by atoms with Crippen molar-refractivity contribution in [1.82, 2.24) is 20.3 Å². The maximum Gasteiger partial charge on any atom is 0.234 e. The van der Waals surface area contributed by atoms with E-state index in [0.717, 1.165) is 10.7 Å². The molecule has 0 radical (unpaired) electrons. The molecule has 0 aliphatic heterocycles. The minimum atomic E-state index is -0.740. The van der Waals surface area contributed by atoms with Crippen molar-refractivity contribution in [2.45, 2.75) is 13.5 Å². The number of nitrogens with one attached hydrogen (secondary N) is 1. The molecule has 0 unspecified atom stereocenters. The number of aryl methyl sites for hydroxylation is 1. The smallest absolute Gasteiger partial charge is 0.234 e. The molecule has 0 fully saturated rings. The van der Waals surface area contributed by atoms with Gasteiger partial charge in [-0.2, -0.15) is 0 Å². The first kappa shape index (κ1) is 14.1. The van der Waals surface area contributed by atoms with Crippen LogP contribution in [0.15, 0.2) is 18.3 Å². The minimum Gasteiger partial charge on any atom is -0.349 e. The first-order valence-electron chi connectivity index (χ1n) is 5.86. The standard InChI is InChI=1S/C12H13F2N5O/c1-7-2-3-9(13)12(11(7)14)19-6-8(17-18-19)5-16-10(20)4-15/h2-3,6H,4-5,15H2,1H3,(H,16,20). The molecule has 0 aliphatic rings. The summed E-state index contributed by atoms with van der Waals surface area (Å²) in [5.41, 5.74) is 5.51. The number of carbonyl (C=O) groups is 1. The Bertz CT molecular complexity index is 641. The second kappa shape index (κ2) is 5.74. The molecule has 3 N–H and O–H groups in total. The lowest BCUT2D eigenvalue weighted by atomic mass is 10.2. The summed E-state index contributed by atoms with van der Waals surface area (Å²) >= 11 is 0. The van der Waals surface area contributed by atoms with E-state index in [0.29, 0.717) is 11.3 Å². The second-order valence-corrected chi connectivity index (χ2v) is 4.16. The molecule has 0 saturated heterocycles. The van der Waals surface area contributed by atoms with Gasteiger partial charge in [0.15, 0.2) is 11.6 Å². The molecule has 1 aromatic heterocycles. The van der Waals surface area contributed by atoms with Gasteiger partial charge < -0.3 is 11.1 Å². The fourth-order valence-electron chi connectivity index (χ4n) is 1.60. The third kappa shape index (κ3) is 2.80. The zero-order valence-corrected chi connectivity index (χ0v) is 10.7. The normalized spacial score (nSPS) is 10.6. The molecule has 106 valence electrons. The van der Waals surface area contributed by atoms with Gasteiger partial charge in [0.25, 0.3) is 0 Å². The number of hydrogen-bond donors (Lipinski definition) is 2. The Balaban J connectivity index is 2.25. The Morgan fingerprint density at radius 1 is 1.45 bits per heavy atom. The van der Waals surface area contributed by atoms with Crippen molar-refractivity contribution in [1.29, 1.82) is 0 Å². The van der Waals surface area contributed by atoms with Crippen LogP contribution in [-0.4, -0.2) is 27.4 Å². The number of amides is 1. The van der Waals surface area contributed by atoms with Crippen LogP contribution in [0.4, 0.5) is 8.78 Å². The number of rotatable bonds is 4. The van der Waals surface area contributed by atoms with Gasteiger partial charge >= 0.3 is 0 Å². The lowest BCUT2D eigenvalue weighted by Gasteiger charge is -2.05. The van der Waals surface area contributed by atoms with Gasteiger partial charge in [0.05, 0.1) is 19.3 Å². The number of nitrogens with two attached hydrogens (primary N) is 1. The van der Waals surface area contributed by atoms with E-state index in [1.54, 1.807) is 0 Å². The summed E-state index contributed by atoms with van der Waals surface area (Å²) in [6.45, 7) is 1.47. The molecule has 1 amide bonds. The lowest BCUT2D eigenvalue weighted by Crippen LogP contribution is -2.29. The molecule has 8 heteroatoms. The van der Waals surface area contributed by atoms with Crippen LogP contribution in [0.5, 0.6) is 0 Å². The van der Waals surface area contributed by atoms with Crippen LogP contribution < -0.4 is 11.1 Å². The zero-order valence-electron chi connectivity index (χ0n) is 10.7. The highest BCUT2D eigenvalue weighted by molar-refractivity contribution is 5.77. The highest BCUT2D eigenvalue weighted by Gasteiger charge is 2.15. The summed E-state index contributed by atoms with van der Waals surface area (Å²) in [5.74, 6) is -1.80. The molecule has 0 saturated carbocycles. The van der Waals surface area contributed by atoms with Crippen molar-refractivity contribution in [3.63, 3.8) is 0 Å². The van der Waals surface area contributed by atoms with E-state index < -0.39 is 11.6 Å². The molecule has 6 nitrogen and oxygen atoms in total. The van der Waals surface area contributed by atoms with Gasteiger partial charge in [-0.1, -0.05) is 11.3 Å². The molecule has 0 aliphatic carbocycles. The van der Waals surface area contributed by atoms with Gasteiger partial charge in [-0.25, -0.2) is 13.5 Å². The minimum absolute atomic E-state index is 0.0884. The quantitative estimate of drug-likeness (QED) is 0.851. The molecule has 2 rings (SSSR count). The van der Waals surface area contributed by atoms with E-state index in [1.807, 2.05) is 0 Å². The Hall–Kier alpha value is -2.35. The van der Waals surface area contributed by atoms with E-state index in [1.165, 1.54) is 19.2 Å². The monoisotopic (exact) mass is 281 g/mol. The highest BCUT2D eigenvalue weighted by atomic mass is 19.1. The Morgan fingerprint density at radius 3 is 2.90 bits per heavy atom. The number of hydrogen-bond acceptors (Lipinski definition) is 4. The van der Waals surface area contributed by atoms with Crippen LogP contribution in [0.3, 0.4) is 0 Å². The average Bonchev–Trinajstić information content (AvgIpc) is 2.89. The summed E-state index contributed by atoms with van der Waals surface area (Å²) in [7, 11) is 0. The van der Waals surface area contributed by atoms with E-state index >= 15 is 0 Å². The molecule has 0 spiro atoms. The fraction of sp³-hybridized carbons (Fsp3) is 0.250. The molecular weight excluding hydrogens is 268 g/mol. The number of carbonyl (C=O) groups excluding carboxylic acids is 1. The number of nitrogens with zero attached hydrogens (tertiary/aromatic N) is 3. The fourth-order valence-corrected chi connectivity index (χ4v) is 1.60. The van der Waals surface area contributed by atoms with Crippen molar-refractivity contribution in [2.24, 2.45) is 5.73 Å². The molecule has 2 aromatic rings. The van der Waals surface area contributed by atoms with Crippen LogP contribution >= 0.6 is 0 Å². The summed E-state index contributed by atoms with van der Waals surface area (Å²) in [6, 6.07) is 2.50. The van der Waals surface area contributed by atoms with Crippen molar-refractivity contribution >= 4 is 5.91 Å². The van der Waals surface area contributed by atoms with Crippen molar-refractivity contribution in [3.05, 3.63) is 41.2 Å². The summed E-state index contributed by atoms with van der Waals surface area (Å²) < 4.78 is 28.6. The van der Waals surface area contributed by atoms with Gasteiger partial charge in [0, 0.05) is 0 Å². The first-order chi connectivity index (χ1) is 9.52. The maximum absolute atomic E-state index is 13.9. The molecule has 0 bridgehead atoms. The molecule has 0 atom stereocenters. The second-order valence-electron chi connectivity index (χ2n) is 4.16. The van der Waals surface area contributed by atoms with Gasteiger partial charge in [0.2, 0.25) is 5.91 Å². The lowest BCUT2D eigenvalue weighted by molar-refractivity contribution is -0.119. The predicted octanol–water partition coefficient (Wildman–Crippen LogP) is 0.429. The van der Waals surface area contributed by atoms with E-state index in [4.69, 9.17) is 5.73 Å². The summed E-state index contributed by atoms with van der Waals surface area (Å²) in [6.07, 6.45) is 1.34. The third-order valence-electron chi connectivity index (χ3n) is 2.68. The number of aromatic nitrogens is 3. The topological polar surface area (TPSA) is 85.8 Å². The molecule has 1 aromatic carbocycles. The third-order valence-corrected chi connectivity index (χ3v) is 2.68. The first-order valence-corrected chi connectivity index (χ1v) is 5.86. The SMILES string of the molecule is Cc1ccc(F)c(-n2cc(CNC(=O)CN)nn2)c1F. The van der Waals surface area contributed by atoms with Crippen LogP contribution in [-0.2, 0) is 11.3 Å². The number of halogens is 2. The van der Waals surface area contributed by atoms with Crippen molar-refractivity contribution in [3.8, 4) is 5.69 Å². The average molecular weight is 281 g/mol. The van der Waals surface area contributed by atoms with Crippen LogP contribution in [0.25, 0.3) is 5.69 Å². The van der Waals surface area contributed by atoms with Gasteiger partial charge in [0.1, 0.15) is 11.4 Å². The van der Waals surface area contributed by atoms with Crippen LogP contribution in [0, 0.1) is 18.6 Å². The highest BCUT2D eigenvalue weighted by Crippen LogP contribution is 2.19. The largest absolute Gasteiger partial charge is 0.349 e.